The van der Waals surface area contributed by atoms with E-state index >= 15 is 0 Å². The Hall–Kier alpha value is -2.18. The number of benzene rings is 1. The third-order valence-electron chi connectivity index (χ3n) is 3.56. The van der Waals surface area contributed by atoms with Gasteiger partial charge in [-0.2, -0.15) is 0 Å². The van der Waals surface area contributed by atoms with Crippen LogP contribution in [0.4, 0.5) is 19.3 Å². The number of halogens is 2. The molecule has 1 aliphatic heterocycles. The fraction of sp³-hybridized carbons (Fsp3) is 0.467. The Bertz CT molecular complexity index is 655. The third kappa shape index (κ3) is 2.30. The topological polar surface area (TPSA) is 58.6 Å². The van der Waals surface area contributed by atoms with Gasteiger partial charge in [0.2, 0.25) is 0 Å². The summed E-state index contributed by atoms with van der Waals surface area (Å²) in [5.41, 5.74) is -1.78. The van der Waals surface area contributed by atoms with Crippen LogP contribution in [-0.2, 0) is 4.79 Å². The van der Waals surface area contributed by atoms with Gasteiger partial charge in [0.1, 0.15) is 11.1 Å². The maximum atomic E-state index is 14.1. The highest BCUT2D eigenvalue weighted by Crippen LogP contribution is 2.43. The average molecular weight is 310 g/mol. The average Bonchev–Trinajstić information content (AvgIpc) is 3.08. The monoisotopic (exact) mass is 310 g/mol. The van der Waals surface area contributed by atoms with Gasteiger partial charge in [-0.3, -0.25) is 4.79 Å². The second-order valence-corrected chi connectivity index (χ2v) is 6.61. The van der Waals surface area contributed by atoms with Gasteiger partial charge in [0.15, 0.2) is 17.4 Å². The normalized spacial score (nSPS) is 19.6. The van der Waals surface area contributed by atoms with Crippen LogP contribution in [0.5, 0.6) is 5.75 Å². The lowest BCUT2D eigenvalue weighted by molar-refractivity contribution is -0.119. The van der Waals surface area contributed by atoms with Crippen LogP contribution in [0.15, 0.2) is 12.1 Å². The second kappa shape index (κ2) is 4.41. The van der Waals surface area contributed by atoms with Crippen molar-refractivity contribution in [3.63, 3.8) is 0 Å². The Balaban J connectivity index is 1.96. The summed E-state index contributed by atoms with van der Waals surface area (Å²) in [5, 5.41) is 2.56. The summed E-state index contributed by atoms with van der Waals surface area (Å²) < 4.78 is 33.5. The third-order valence-corrected chi connectivity index (χ3v) is 3.56. The van der Waals surface area contributed by atoms with E-state index in [2.05, 4.69) is 5.32 Å². The number of rotatable bonds is 2. The highest BCUT2D eigenvalue weighted by Gasteiger charge is 2.60. The van der Waals surface area contributed by atoms with Crippen molar-refractivity contribution in [1.29, 1.82) is 0 Å². The molecule has 1 saturated heterocycles. The number of urea groups is 1. The maximum absolute atomic E-state index is 14.1. The lowest BCUT2D eigenvalue weighted by atomic mass is 10.2. The number of nitrogens with zero attached hydrogens (tertiary/aromatic N) is 1. The number of imide groups is 1. The Labute approximate surface area is 126 Å². The molecule has 3 rings (SSSR count). The maximum Gasteiger partial charge on any atom is 0.329 e. The van der Waals surface area contributed by atoms with E-state index in [-0.39, 0.29) is 5.69 Å². The van der Waals surface area contributed by atoms with E-state index in [1.165, 1.54) is 0 Å². The fourth-order valence-electron chi connectivity index (χ4n) is 2.40. The number of carbonyl (C=O) groups is 2. The molecular formula is C15H16F2N2O3. The molecule has 1 saturated carbocycles. The Morgan fingerprint density at radius 2 is 1.73 bits per heavy atom. The van der Waals surface area contributed by atoms with E-state index < -0.39 is 40.5 Å². The van der Waals surface area contributed by atoms with Crippen LogP contribution in [0.25, 0.3) is 0 Å². The van der Waals surface area contributed by atoms with Crippen LogP contribution >= 0.6 is 0 Å². The molecule has 1 aliphatic carbocycles. The number of amides is 3. The molecule has 22 heavy (non-hydrogen) atoms. The number of anilines is 1. The summed E-state index contributed by atoms with van der Waals surface area (Å²) in [4.78, 5) is 24.9. The summed E-state index contributed by atoms with van der Waals surface area (Å²) in [5.74, 6) is -2.91. The molecule has 118 valence electrons. The van der Waals surface area contributed by atoms with Crippen LogP contribution in [-0.4, -0.2) is 23.1 Å². The van der Waals surface area contributed by atoms with Gasteiger partial charge in [0, 0.05) is 12.1 Å². The number of nitrogens with one attached hydrogen (secondary N) is 1. The standard InChI is InChI=1S/C15H16F2N2O3/c1-14(2,3)22-11-9(16)6-8(7-10(11)17)19-12(20)15(4-5-15)18-13(19)21/h6-7H,4-5H2,1-3H3,(H,18,21). The van der Waals surface area contributed by atoms with Crippen molar-refractivity contribution in [2.45, 2.75) is 44.8 Å². The van der Waals surface area contributed by atoms with Crippen molar-refractivity contribution < 1.29 is 23.1 Å². The second-order valence-electron chi connectivity index (χ2n) is 6.61. The van der Waals surface area contributed by atoms with Gasteiger partial charge < -0.3 is 10.1 Å². The number of carbonyl (C=O) groups excluding carboxylic acids is 2. The van der Waals surface area contributed by atoms with E-state index in [0.29, 0.717) is 12.8 Å². The highest BCUT2D eigenvalue weighted by molar-refractivity contribution is 6.24. The van der Waals surface area contributed by atoms with Gasteiger partial charge in [-0.05, 0) is 33.6 Å². The number of ether oxygens (including phenoxy) is 1. The van der Waals surface area contributed by atoms with E-state index in [0.717, 1.165) is 17.0 Å². The lowest BCUT2D eigenvalue weighted by Gasteiger charge is -2.23. The molecule has 1 N–H and O–H groups in total. The van der Waals surface area contributed by atoms with Crippen LogP contribution in [0.3, 0.4) is 0 Å². The van der Waals surface area contributed by atoms with Crippen LogP contribution in [0.1, 0.15) is 33.6 Å². The molecule has 3 amide bonds. The van der Waals surface area contributed by atoms with Crippen molar-refractivity contribution in [3.8, 4) is 5.75 Å². The summed E-state index contributed by atoms with van der Waals surface area (Å²) >= 11 is 0. The quantitative estimate of drug-likeness (QED) is 0.855. The van der Waals surface area contributed by atoms with Gasteiger partial charge in [-0.25, -0.2) is 18.5 Å². The molecule has 1 aromatic carbocycles. The van der Waals surface area contributed by atoms with Crippen molar-refractivity contribution in [1.82, 2.24) is 5.32 Å². The largest absolute Gasteiger partial charge is 0.482 e. The van der Waals surface area contributed by atoms with E-state index in [9.17, 15) is 18.4 Å². The molecule has 0 aromatic heterocycles. The van der Waals surface area contributed by atoms with Crippen LogP contribution in [0.2, 0.25) is 0 Å². The predicted molar refractivity (Wildman–Crippen MR) is 74.7 cm³/mol. The van der Waals surface area contributed by atoms with Gasteiger partial charge in [-0.1, -0.05) is 0 Å². The molecule has 2 aliphatic rings. The van der Waals surface area contributed by atoms with Crippen molar-refractivity contribution >= 4 is 17.6 Å². The van der Waals surface area contributed by atoms with Crippen LogP contribution < -0.4 is 15.0 Å². The summed E-state index contributed by atoms with van der Waals surface area (Å²) in [6.07, 6.45) is 1.09. The van der Waals surface area contributed by atoms with Gasteiger partial charge in [0.25, 0.3) is 5.91 Å². The lowest BCUT2D eigenvalue weighted by Crippen LogP contribution is -2.32. The molecule has 2 fully saturated rings. The summed E-state index contributed by atoms with van der Waals surface area (Å²) in [7, 11) is 0. The minimum Gasteiger partial charge on any atom is -0.482 e. The summed E-state index contributed by atoms with van der Waals surface area (Å²) in [6.45, 7) is 4.98. The number of hydrogen-bond donors (Lipinski definition) is 1. The zero-order chi connectivity index (χ0) is 16.3. The molecule has 0 bridgehead atoms. The van der Waals surface area contributed by atoms with Gasteiger partial charge in [0.05, 0.1) is 5.69 Å². The first-order valence-electron chi connectivity index (χ1n) is 6.98. The van der Waals surface area contributed by atoms with Gasteiger partial charge >= 0.3 is 6.03 Å². The molecule has 1 heterocycles. The molecule has 0 unspecified atom stereocenters. The smallest absolute Gasteiger partial charge is 0.329 e. The Morgan fingerprint density at radius 1 is 1.18 bits per heavy atom. The zero-order valence-corrected chi connectivity index (χ0v) is 12.5. The number of hydrogen-bond acceptors (Lipinski definition) is 3. The molecule has 7 heteroatoms. The van der Waals surface area contributed by atoms with Crippen molar-refractivity contribution in [2.75, 3.05) is 4.90 Å². The van der Waals surface area contributed by atoms with Gasteiger partial charge in [-0.15, -0.1) is 0 Å². The molecule has 1 aromatic rings. The van der Waals surface area contributed by atoms with Crippen LogP contribution in [0, 0.1) is 11.6 Å². The molecule has 5 nitrogen and oxygen atoms in total. The Morgan fingerprint density at radius 3 is 2.14 bits per heavy atom. The minimum absolute atomic E-state index is 0.137. The first-order valence-corrected chi connectivity index (χ1v) is 6.98. The molecule has 0 radical (unpaired) electrons. The van der Waals surface area contributed by atoms with E-state index in [1.54, 1.807) is 20.8 Å². The zero-order valence-electron chi connectivity index (χ0n) is 12.5. The van der Waals surface area contributed by atoms with E-state index in [4.69, 9.17) is 4.74 Å². The fourth-order valence-corrected chi connectivity index (χ4v) is 2.40. The van der Waals surface area contributed by atoms with Crippen molar-refractivity contribution in [3.05, 3.63) is 23.8 Å². The highest BCUT2D eigenvalue weighted by atomic mass is 19.1. The van der Waals surface area contributed by atoms with E-state index in [1.807, 2.05) is 0 Å². The SMILES string of the molecule is CC(C)(C)Oc1c(F)cc(N2C(=O)NC3(CC3)C2=O)cc1F. The molecule has 0 atom stereocenters. The van der Waals surface area contributed by atoms with Crippen molar-refractivity contribution in [2.24, 2.45) is 0 Å². The molecular weight excluding hydrogens is 294 g/mol. The Kier molecular flexibility index (Phi) is 2.95. The first kappa shape index (κ1) is 14.7. The predicted octanol–water partition coefficient (Wildman–Crippen LogP) is 2.73. The summed E-state index contributed by atoms with van der Waals surface area (Å²) in [6, 6.07) is 1.21. The minimum atomic E-state index is -0.956. The first-order chi connectivity index (χ1) is 10.1. The molecule has 1 spiro atoms.